The van der Waals surface area contributed by atoms with Crippen molar-refractivity contribution in [2.75, 3.05) is 9.80 Å². The largest absolute Gasteiger partial charge is 0.454 e. The van der Waals surface area contributed by atoms with Crippen molar-refractivity contribution in [3.8, 4) is 0 Å². The summed E-state index contributed by atoms with van der Waals surface area (Å²) in [6.07, 6.45) is 12.7. The van der Waals surface area contributed by atoms with E-state index >= 15 is 0 Å². The molecule has 8 aromatic rings. The topological polar surface area (TPSA) is 19.6 Å². The standard InChI is InChI=1S/C54H50N2O/c1-5-16-40(17-6-1)41-26-32-47(33-27-41)56(51-24-15-23-50-49-22-11-12-25-52(49)57-53(50)51)48-36-30-43(31-37-48)54(38-13-4-14-39-54)42-28-34-46(35-29-42)55(44-18-7-2-8-19-44)45-20-9-3-10-21-45/h2-3,7-12,15,18-37,40H,1,4-6,13-14,16-17,38-39H2. The van der Waals surface area contributed by atoms with Crippen LogP contribution in [0.2, 0.25) is 0 Å². The summed E-state index contributed by atoms with van der Waals surface area (Å²) in [6, 6.07) is 64.8. The van der Waals surface area contributed by atoms with E-state index in [2.05, 4.69) is 186 Å². The Morgan fingerprint density at radius 1 is 0.404 bits per heavy atom. The average molecular weight is 743 g/mol. The lowest BCUT2D eigenvalue weighted by Crippen LogP contribution is -2.30. The van der Waals surface area contributed by atoms with Crippen molar-refractivity contribution in [3.05, 3.63) is 193 Å². The zero-order valence-electron chi connectivity index (χ0n) is 32.7. The summed E-state index contributed by atoms with van der Waals surface area (Å²) in [5.41, 5.74) is 12.9. The van der Waals surface area contributed by atoms with Crippen LogP contribution in [-0.4, -0.2) is 0 Å². The lowest BCUT2D eigenvalue weighted by Gasteiger charge is -2.39. The number of fused-ring (bicyclic) bond motifs is 3. The first-order valence-corrected chi connectivity index (χ1v) is 21.2. The number of para-hydroxylation sites is 4. The molecule has 0 radical (unpaired) electrons. The van der Waals surface area contributed by atoms with E-state index in [1.54, 1.807) is 0 Å². The van der Waals surface area contributed by atoms with Gasteiger partial charge in [-0.2, -0.15) is 0 Å². The Balaban J connectivity index is 1.04. The molecule has 2 aliphatic carbocycles. The molecule has 7 aromatic carbocycles. The number of furan rings is 1. The van der Waals surface area contributed by atoms with Crippen LogP contribution < -0.4 is 9.80 Å². The summed E-state index contributed by atoms with van der Waals surface area (Å²) in [6.45, 7) is 0. The second-order valence-electron chi connectivity index (χ2n) is 16.3. The zero-order valence-corrected chi connectivity index (χ0v) is 32.7. The van der Waals surface area contributed by atoms with E-state index in [4.69, 9.17) is 4.42 Å². The second-order valence-corrected chi connectivity index (χ2v) is 16.3. The lowest BCUT2D eigenvalue weighted by atomic mass is 9.65. The Morgan fingerprint density at radius 2 is 0.895 bits per heavy atom. The molecule has 2 fully saturated rings. The first-order chi connectivity index (χ1) is 28.2. The van der Waals surface area contributed by atoms with E-state index in [9.17, 15) is 0 Å². The highest BCUT2D eigenvalue weighted by Crippen LogP contribution is 2.48. The summed E-state index contributed by atoms with van der Waals surface area (Å²) in [7, 11) is 0. The summed E-state index contributed by atoms with van der Waals surface area (Å²) < 4.78 is 6.66. The molecule has 1 aromatic heterocycles. The van der Waals surface area contributed by atoms with Crippen molar-refractivity contribution >= 4 is 56.1 Å². The SMILES string of the molecule is c1ccc(N(c2ccccc2)c2ccc(C3(c4ccc(N(c5ccc(C6CCCCC6)cc5)c5cccc6c5oc5ccccc56)cc4)CCCCC3)cc2)cc1. The minimum atomic E-state index is -0.0368. The molecule has 0 N–H and O–H groups in total. The van der Waals surface area contributed by atoms with Crippen LogP contribution in [0.5, 0.6) is 0 Å². The summed E-state index contributed by atoms with van der Waals surface area (Å²) in [5, 5.41) is 2.30. The molecule has 3 heteroatoms. The van der Waals surface area contributed by atoms with Crippen LogP contribution in [0.4, 0.5) is 34.1 Å². The van der Waals surface area contributed by atoms with Crippen LogP contribution in [0.1, 0.15) is 86.8 Å². The Labute approximate surface area is 337 Å². The van der Waals surface area contributed by atoms with Crippen molar-refractivity contribution in [2.45, 2.75) is 75.5 Å². The van der Waals surface area contributed by atoms with Crippen LogP contribution in [0.3, 0.4) is 0 Å². The van der Waals surface area contributed by atoms with E-state index in [0.29, 0.717) is 5.92 Å². The fraction of sp³-hybridized carbons (Fsp3) is 0.222. The van der Waals surface area contributed by atoms with Gasteiger partial charge in [-0.3, -0.25) is 0 Å². The monoisotopic (exact) mass is 742 g/mol. The number of benzene rings is 7. The minimum Gasteiger partial charge on any atom is -0.454 e. The first-order valence-electron chi connectivity index (χ1n) is 21.2. The van der Waals surface area contributed by atoms with Crippen molar-refractivity contribution in [3.63, 3.8) is 0 Å². The third-order valence-corrected chi connectivity index (χ3v) is 12.9. The predicted octanol–water partition coefficient (Wildman–Crippen LogP) is 15.8. The highest BCUT2D eigenvalue weighted by atomic mass is 16.3. The molecule has 0 aliphatic heterocycles. The quantitative estimate of drug-likeness (QED) is 0.147. The second kappa shape index (κ2) is 15.5. The van der Waals surface area contributed by atoms with Gasteiger partial charge in [0, 0.05) is 44.6 Å². The van der Waals surface area contributed by atoms with Crippen LogP contribution in [0, 0.1) is 0 Å². The van der Waals surface area contributed by atoms with Gasteiger partial charge in [-0.1, -0.05) is 142 Å². The summed E-state index contributed by atoms with van der Waals surface area (Å²) in [4.78, 5) is 4.76. The molecule has 0 amide bonds. The molecule has 0 atom stereocenters. The normalized spacial score (nSPS) is 15.8. The van der Waals surface area contributed by atoms with Gasteiger partial charge < -0.3 is 14.2 Å². The molecule has 0 bridgehead atoms. The summed E-state index contributed by atoms with van der Waals surface area (Å²) >= 11 is 0. The van der Waals surface area contributed by atoms with Gasteiger partial charge in [0.2, 0.25) is 0 Å². The number of rotatable bonds is 9. The number of anilines is 6. The Hall–Kier alpha value is -6.06. The fourth-order valence-electron chi connectivity index (χ4n) is 10.0. The molecular weight excluding hydrogens is 693 g/mol. The molecule has 2 aliphatic rings. The molecular formula is C54H50N2O. The van der Waals surface area contributed by atoms with Gasteiger partial charge in [0.1, 0.15) is 5.58 Å². The summed E-state index contributed by atoms with van der Waals surface area (Å²) in [5.74, 6) is 0.667. The maximum absolute atomic E-state index is 6.66. The van der Waals surface area contributed by atoms with Gasteiger partial charge in [-0.05, 0) is 121 Å². The lowest BCUT2D eigenvalue weighted by molar-refractivity contribution is 0.346. The van der Waals surface area contributed by atoms with Gasteiger partial charge in [0.15, 0.2) is 5.58 Å². The maximum atomic E-state index is 6.66. The van der Waals surface area contributed by atoms with Gasteiger partial charge in [-0.25, -0.2) is 0 Å². The highest BCUT2D eigenvalue weighted by molar-refractivity contribution is 6.10. The molecule has 0 saturated heterocycles. The fourth-order valence-corrected chi connectivity index (χ4v) is 10.0. The van der Waals surface area contributed by atoms with E-state index < -0.39 is 0 Å². The van der Waals surface area contributed by atoms with E-state index in [1.807, 2.05) is 0 Å². The zero-order chi connectivity index (χ0) is 38.0. The van der Waals surface area contributed by atoms with Crippen LogP contribution in [0.25, 0.3) is 21.9 Å². The van der Waals surface area contributed by atoms with Crippen molar-refractivity contribution in [2.24, 2.45) is 0 Å². The molecule has 3 nitrogen and oxygen atoms in total. The molecule has 282 valence electrons. The van der Waals surface area contributed by atoms with Crippen molar-refractivity contribution in [1.29, 1.82) is 0 Å². The van der Waals surface area contributed by atoms with Crippen LogP contribution >= 0.6 is 0 Å². The molecule has 0 spiro atoms. The van der Waals surface area contributed by atoms with E-state index in [-0.39, 0.29) is 5.41 Å². The Bertz CT molecular complexity index is 2520. The van der Waals surface area contributed by atoms with Gasteiger partial charge in [0.05, 0.1) is 5.69 Å². The number of hydrogen-bond acceptors (Lipinski definition) is 3. The maximum Gasteiger partial charge on any atom is 0.159 e. The highest BCUT2D eigenvalue weighted by Gasteiger charge is 2.36. The van der Waals surface area contributed by atoms with Gasteiger partial charge in [-0.15, -0.1) is 0 Å². The van der Waals surface area contributed by atoms with Gasteiger partial charge >= 0.3 is 0 Å². The smallest absolute Gasteiger partial charge is 0.159 e. The molecule has 1 heterocycles. The third kappa shape index (κ3) is 6.69. The first kappa shape index (κ1) is 35.4. The van der Waals surface area contributed by atoms with Crippen molar-refractivity contribution < 1.29 is 4.42 Å². The molecule has 57 heavy (non-hydrogen) atoms. The van der Waals surface area contributed by atoms with Crippen LogP contribution in [0.15, 0.2) is 180 Å². The third-order valence-electron chi connectivity index (χ3n) is 12.9. The van der Waals surface area contributed by atoms with Gasteiger partial charge in [0.25, 0.3) is 0 Å². The Kier molecular flexibility index (Phi) is 9.60. The predicted molar refractivity (Wildman–Crippen MR) is 239 cm³/mol. The van der Waals surface area contributed by atoms with E-state index in [1.165, 1.54) is 73.7 Å². The number of nitrogens with zero attached hydrogens (tertiary/aromatic N) is 2. The van der Waals surface area contributed by atoms with E-state index in [0.717, 1.165) is 63.2 Å². The minimum absolute atomic E-state index is 0.0368. The van der Waals surface area contributed by atoms with Crippen LogP contribution in [-0.2, 0) is 5.41 Å². The Morgan fingerprint density at radius 3 is 1.51 bits per heavy atom. The van der Waals surface area contributed by atoms with Crippen molar-refractivity contribution in [1.82, 2.24) is 0 Å². The molecule has 10 rings (SSSR count). The molecule has 0 unspecified atom stereocenters. The number of hydrogen-bond donors (Lipinski definition) is 0. The average Bonchev–Trinajstić information content (AvgIpc) is 3.68. The molecule has 2 saturated carbocycles.